The van der Waals surface area contributed by atoms with Gasteiger partial charge in [-0.1, -0.05) is 0 Å². The fourth-order valence-corrected chi connectivity index (χ4v) is 4.30. The molecule has 0 aliphatic heterocycles. The molecule has 0 atom stereocenters. The lowest BCUT2D eigenvalue weighted by molar-refractivity contribution is 0.298. The van der Waals surface area contributed by atoms with E-state index in [-0.39, 0.29) is 17.1 Å². The Kier molecular flexibility index (Phi) is 4.99. The Morgan fingerprint density at radius 2 is 1.93 bits per heavy atom. The summed E-state index contributed by atoms with van der Waals surface area (Å²) in [5, 5.41) is 0. The molecule has 0 unspecified atom stereocenters. The van der Waals surface area contributed by atoms with Crippen molar-refractivity contribution in [3.8, 4) is 17.0 Å². The first-order valence-corrected chi connectivity index (χ1v) is 11.8. The van der Waals surface area contributed by atoms with E-state index >= 15 is 0 Å². The van der Waals surface area contributed by atoms with Gasteiger partial charge in [-0.05, 0) is 50.0 Å². The molecule has 2 aliphatic carbocycles. The lowest BCUT2D eigenvalue weighted by Crippen LogP contribution is -2.26. The molecule has 0 bridgehead atoms. The van der Waals surface area contributed by atoms with Gasteiger partial charge in [0.2, 0.25) is 0 Å². The van der Waals surface area contributed by atoms with Crippen molar-refractivity contribution in [1.29, 1.82) is 0 Å². The van der Waals surface area contributed by atoms with Crippen LogP contribution in [0.3, 0.4) is 0 Å². The van der Waals surface area contributed by atoms with E-state index in [2.05, 4.69) is 9.97 Å². The molecular weight excluding hydrogens is 378 g/mol. The zero-order valence-electron chi connectivity index (χ0n) is 16.3. The molecule has 1 fully saturated rings. The van der Waals surface area contributed by atoms with Crippen molar-refractivity contribution < 1.29 is 13.2 Å². The number of sulfone groups is 1. The van der Waals surface area contributed by atoms with Crippen molar-refractivity contribution in [2.24, 2.45) is 13.0 Å². The van der Waals surface area contributed by atoms with Crippen molar-refractivity contribution in [3.05, 3.63) is 39.7 Å². The van der Waals surface area contributed by atoms with Crippen LogP contribution in [0.4, 0.5) is 0 Å². The number of fused-ring (bicyclic) bond motifs is 1. The van der Waals surface area contributed by atoms with Crippen LogP contribution in [0.15, 0.2) is 17.2 Å². The molecular formula is C20H25N3O4S. The highest BCUT2D eigenvalue weighted by Crippen LogP contribution is 2.36. The summed E-state index contributed by atoms with van der Waals surface area (Å²) in [6.07, 6.45) is 10.5. The van der Waals surface area contributed by atoms with E-state index in [9.17, 15) is 13.2 Å². The topological polar surface area (TPSA) is 91.2 Å². The summed E-state index contributed by atoms with van der Waals surface area (Å²) < 4.78 is 31.0. The highest BCUT2D eigenvalue weighted by atomic mass is 32.2. The monoisotopic (exact) mass is 403 g/mol. The van der Waals surface area contributed by atoms with E-state index in [1.54, 1.807) is 24.0 Å². The smallest absolute Gasteiger partial charge is 0.253 e. The van der Waals surface area contributed by atoms with Crippen LogP contribution < -0.4 is 10.3 Å². The van der Waals surface area contributed by atoms with Gasteiger partial charge < -0.3 is 9.30 Å². The Morgan fingerprint density at radius 3 is 2.61 bits per heavy atom. The van der Waals surface area contributed by atoms with Gasteiger partial charge in [-0.3, -0.25) is 4.79 Å². The predicted octanol–water partition coefficient (Wildman–Crippen LogP) is 2.05. The van der Waals surface area contributed by atoms with Crippen molar-refractivity contribution in [3.63, 3.8) is 0 Å². The molecule has 0 amide bonds. The third-order valence-corrected chi connectivity index (χ3v) is 6.10. The summed E-state index contributed by atoms with van der Waals surface area (Å²) in [7, 11) is -1.52. The fraction of sp³-hybridized carbons (Fsp3) is 0.550. The summed E-state index contributed by atoms with van der Waals surface area (Å²) >= 11 is 0. The number of aromatic nitrogens is 3. The van der Waals surface area contributed by atoms with Gasteiger partial charge in [0.25, 0.3) is 5.56 Å². The summed E-state index contributed by atoms with van der Waals surface area (Å²) in [4.78, 5) is 21.4. The number of aryl methyl sites for hydroxylation is 1. The molecule has 2 aromatic heterocycles. The number of pyridine rings is 1. The number of hydrogen-bond donors (Lipinski definition) is 0. The minimum Gasteiger partial charge on any atom is -0.489 e. The Morgan fingerprint density at radius 1 is 1.21 bits per heavy atom. The normalized spacial score (nSPS) is 16.6. The van der Waals surface area contributed by atoms with Crippen LogP contribution in [0.1, 0.15) is 42.6 Å². The molecule has 7 nitrogen and oxygen atoms in total. The maximum Gasteiger partial charge on any atom is 0.253 e. The maximum atomic E-state index is 12.6. The van der Waals surface area contributed by atoms with Gasteiger partial charge in [-0.2, -0.15) is 0 Å². The van der Waals surface area contributed by atoms with E-state index in [1.165, 1.54) is 6.26 Å². The first-order chi connectivity index (χ1) is 13.3. The zero-order valence-corrected chi connectivity index (χ0v) is 17.1. The Labute approximate surface area is 164 Å². The van der Waals surface area contributed by atoms with Crippen molar-refractivity contribution >= 4 is 9.84 Å². The van der Waals surface area contributed by atoms with Crippen LogP contribution in [0.5, 0.6) is 5.75 Å². The van der Waals surface area contributed by atoms with Gasteiger partial charge in [0, 0.05) is 30.6 Å². The van der Waals surface area contributed by atoms with Crippen LogP contribution >= 0.6 is 0 Å². The van der Waals surface area contributed by atoms with Gasteiger partial charge in [-0.15, -0.1) is 0 Å². The fourth-order valence-electron chi connectivity index (χ4n) is 3.69. The molecule has 4 rings (SSSR count). The molecule has 2 aromatic rings. The van der Waals surface area contributed by atoms with Crippen LogP contribution in [-0.4, -0.2) is 35.8 Å². The molecule has 0 saturated heterocycles. The summed E-state index contributed by atoms with van der Waals surface area (Å²) in [6.45, 7) is 0.607. The van der Waals surface area contributed by atoms with Gasteiger partial charge >= 0.3 is 0 Å². The summed E-state index contributed by atoms with van der Waals surface area (Å²) in [5.41, 5.74) is 3.31. The zero-order chi connectivity index (χ0) is 19.9. The molecule has 8 heteroatoms. The van der Waals surface area contributed by atoms with E-state index in [0.29, 0.717) is 24.0 Å². The molecule has 0 radical (unpaired) electrons. The highest BCUT2D eigenvalue weighted by Gasteiger charge is 2.25. The molecule has 1 saturated carbocycles. The molecule has 150 valence electrons. The third kappa shape index (κ3) is 4.11. The number of ether oxygens (including phenoxy) is 1. The summed E-state index contributed by atoms with van der Waals surface area (Å²) in [5.74, 6) is 1.14. The minimum atomic E-state index is -3.26. The quantitative estimate of drug-likeness (QED) is 0.733. The number of rotatable bonds is 6. The van der Waals surface area contributed by atoms with Crippen molar-refractivity contribution in [2.75, 3.05) is 12.9 Å². The maximum absolute atomic E-state index is 12.6. The van der Waals surface area contributed by atoms with Crippen LogP contribution in [0, 0.1) is 5.92 Å². The first-order valence-electron chi connectivity index (χ1n) is 9.70. The van der Waals surface area contributed by atoms with Crippen LogP contribution in [0.25, 0.3) is 11.3 Å². The van der Waals surface area contributed by atoms with E-state index in [1.807, 2.05) is 0 Å². The second-order valence-electron chi connectivity index (χ2n) is 7.95. The largest absolute Gasteiger partial charge is 0.489 e. The lowest BCUT2D eigenvalue weighted by atomic mass is 9.88. The van der Waals surface area contributed by atoms with Gasteiger partial charge in [0.05, 0.1) is 12.8 Å². The van der Waals surface area contributed by atoms with E-state index < -0.39 is 9.84 Å². The van der Waals surface area contributed by atoms with Gasteiger partial charge in [0.1, 0.15) is 17.3 Å². The summed E-state index contributed by atoms with van der Waals surface area (Å²) in [6, 6.07) is 0. The van der Waals surface area contributed by atoms with Gasteiger partial charge in [0.15, 0.2) is 15.6 Å². The average Bonchev–Trinajstić information content (AvgIpc) is 3.47. The molecule has 2 heterocycles. The van der Waals surface area contributed by atoms with Crippen molar-refractivity contribution in [1.82, 2.24) is 14.5 Å². The second-order valence-corrected chi connectivity index (χ2v) is 10.1. The number of hydrogen-bond acceptors (Lipinski definition) is 6. The standard InChI is InChI=1S/C20H25N3O4S/c1-23-10-16(14-5-3-4-6-15(14)20(23)24)19-17(27-11-13-7-8-13)9-21-18(22-19)12-28(2,25)26/h9-10,13H,3-8,11-12H2,1-2H3. The highest BCUT2D eigenvalue weighted by molar-refractivity contribution is 7.89. The van der Waals surface area contributed by atoms with E-state index in [0.717, 1.165) is 55.2 Å². The number of nitrogens with zero attached hydrogens (tertiary/aromatic N) is 3. The molecule has 0 aromatic carbocycles. The molecule has 0 N–H and O–H groups in total. The Bertz CT molecular complexity index is 1070. The predicted molar refractivity (Wildman–Crippen MR) is 106 cm³/mol. The molecule has 0 spiro atoms. The minimum absolute atomic E-state index is 0.0318. The van der Waals surface area contributed by atoms with E-state index in [4.69, 9.17) is 4.74 Å². The molecule has 2 aliphatic rings. The van der Waals surface area contributed by atoms with Gasteiger partial charge in [-0.25, -0.2) is 18.4 Å². The SMILES string of the molecule is Cn1cc(-c2nc(CS(C)(=O)=O)ncc2OCC2CC2)c2c(c1=O)CCCC2. The Balaban J connectivity index is 1.85. The Hall–Kier alpha value is -2.22. The van der Waals surface area contributed by atoms with Crippen LogP contribution in [-0.2, 0) is 35.5 Å². The van der Waals surface area contributed by atoms with Crippen LogP contribution in [0.2, 0.25) is 0 Å². The second kappa shape index (κ2) is 7.31. The third-order valence-electron chi connectivity index (χ3n) is 5.32. The first kappa shape index (κ1) is 19.1. The lowest BCUT2D eigenvalue weighted by Gasteiger charge is -2.21. The average molecular weight is 404 g/mol. The van der Waals surface area contributed by atoms with Crippen molar-refractivity contribution in [2.45, 2.75) is 44.3 Å². The molecule has 28 heavy (non-hydrogen) atoms.